The highest BCUT2D eigenvalue weighted by Crippen LogP contribution is 2.22. The van der Waals surface area contributed by atoms with E-state index in [9.17, 15) is 14.4 Å². The van der Waals surface area contributed by atoms with Crippen LogP contribution in [0, 0.1) is 0 Å². The number of carbonyl (C=O) groups is 3. The van der Waals surface area contributed by atoms with E-state index in [4.69, 9.17) is 0 Å². The predicted octanol–water partition coefficient (Wildman–Crippen LogP) is 3.43. The average molecular weight is 368 g/mol. The van der Waals surface area contributed by atoms with Crippen molar-refractivity contribution in [2.75, 3.05) is 23.4 Å². The maximum atomic E-state index is 12.2. The minimum atomic E-state index is -0.210. The average Bonchev–Trinajstić information content (AvgIpc) is 2.90. The Kier molecular flexibility index (Phi) is 6.07. The van der Waals surface area contributed by atoms with Crippen molar-refractivity contribution in [1.29, 1.82) is 0 Å². The standard InChI is InChI=1S/C20H20N2O3S/c23-18(21-15-7-2-1-3-8-15)11-14-26-13-6-12-22-19(24)16-9-4-5-10-17(16)20(22)25/h1-5,7-10H,6,11-14H2,(H,21,23). The SMILES string of the molecule is O=C(CCSCCCN1C(=O)c2ccccc2C1=O)Nc1ccccc1. The van der Waals surface area contributed by atoms with Gasteiger partial charge in [0, 0.05) is 24.4 Å². The third-order valence-electron chi connectivity index (χ3n) is 4.08. The summed E-state index contributed by atoms with van der Waals surface area (Å²) in [6, 6.07) is 16.3. The number of rotatable bonds is 8. The van der Waals surface area contributed by atoms with Gasteiger partial charge >= 0.3 is 0 Å². The molecule has 0 saturated heterocycles. The number of para-hydroxylation sites is 1. The van der Waals surface area contributed by atoms with Gasteiger partial charge in [-0.1, -0.05) is 30.3 Å². The number of hydrogen-bond acceptors (Lipinski definition) is 4. The summed E-state index contributed by atoms with van der Waals surface area (Å²) < 4.78 is 0. The number of carbonyl (C=O) groups excluding carboxylic acids is 3. The number of benzene rings is 2. The third-order valence-corrected chi connectivity index (χ3v) is 5.15. The highest BCUT2D eigenvalue weighted by molar-refractivity contribution is 7.99. The largest absolute Gasteiger partial charge is 0.326 e. The van der Waals surface area contributed by atoms with E-state index in [0.29, 0.717) is 29.8 Å². The first kappa shape index (κ1) is 18.2. The number of fused-ring (bicyclic) bond motifs is 1. The number of imide groups is 1. The number of amides is 3. The molecule has 3 rings (SSSR count). The molecule has 134 valence electrons. The van der Waals surface area contributed by atoms with Crippen molar-refractivity contribution in [3.05, 3.63) is 65.7 Å². The molecule has 6 heteroatoms. The lowest BCUT2D eigenvalue weighted by Crippen LogP contribution is -2.31. The lowest BCUT2D eigenvalue weighted by molar-refractivity contribution is -0.115. The van der Waals surface area contributed by atoms with Crippen molar-refractivity contribution < 1.29 is 14.4 Å². The molecule has 0 aliphatic carbocycles. The Balaban J connectivity index is 1.33. The van der Waals surface area contributed by atoms with Gasteiger partial charge in [-0.3, -0.25) is 19.3 Å². The summed E-state index contributed by atoms with van der Waals surface area (Å²) in [5.74, 6) is 1.08. The topological polar surface area (TPSA) is 66.5 Å². The van der Waals surface area contributed by atoms with Crippen molar-refractivity contribution in [2.45, 2.75) is 12.8 Å². The first-order valence-electron chi connectivity index (χ1n) is 8.54. The molecule has 0 spiro atoms. The smallest absolute Gasteiger partial charge is 0.261 e. The Morgan fingerprint density at radius 2 is 1.50 bits per heavy atom. The Bertz CT molecular complexity index is 773. The van der Waals surface area contributed by atoms with E-state index < -0.39 is 0 Å². The van der Waals surface area contributed by atoms with Crippen molar-refractivity contribution in [2.24, 2.45) is 0 Å². The monoisotopic (exact) mass is 368 g/mol. The van der Waals surface area contributed by atoms with Gasteiger partial charge in [0.05, 0.1) is 11.1 Å². The summed E-state index contributed by atoms with van der Waals surface area (Å²) in [7, 11) is 0. The number of thioether (sulfide) groups is 1. The highest BCUT2D eigenvalue weighted by Gasteiger charge is 2.34. The fraction of sp³-hybridized carbons (Fsp3) is 0.250. The Hall–Kier alpha value is -2.60. The molecule has 0 atom stereocenters. The number of nitrogens with zero attached hydrogens (tertiary/aromatic N) is 1. The van der Waals surface area contributed by atoms with Crippen LogP contribution in [0.1, 0.15) is 33.6 Å². The molecule has 3 amide bonds. The van der Waals surface area contributed by atoms with E-state index in [2.05, 4.69) is 5.32 Å². The van der Waals surface area contributed by atoms with E-state index in [0.717, 1.165) is 17.9 Å². The van der Waals surface area contributed by atoms with Gasteiger partial charge in [-0.15, -0.1) is 0 Å². The molecule has 26 heavy (non-hydrogen) atoms. The molecule has 0 unspecified atom stereocenters. The van der Waals surface area contributed by atoms with Crippen LogP contribution in [0.3, 0.4) is 0 Å². The van der Waals surface area contributed by atoms with Crippen LogP contribution in [0.2, 0.25) is 0 Å². The number of anilines is 1. The molecule has 2 aromatic carbocycles. The third kappa shape index (κ3) is 4.32. The van der Waals surface area contributed by atoms with Crippen LogP contribution in [0.5, 0.6) is 0 Å². The maximum Gasteiger partial charge on any atom is 0.261 e. The van der Waals surface area contributed by atoms with Crippen LogP contribution in [0.4, 0.5) is 5.69 Å². The zero-order valence-corrected chi connectivity index (χ0v) is 15.1. The molecule has 0 radical (unpaired) electrons. The van der Waals surface area contributed by atoms with Gasteiger partial charge in [0.1, 0.15) is 0 Å². The van der Waals surface area contributed by atoms with Crippen LogP contribution in [-0.2, 0) is 4.79 Å². The molecule has 0 saturated carbocycles. The Labute approximate surface area is 156 Å². The molecule has 1 heterocycles. The second-order valence-corrected chi connectivity index (χ2v) is 7.16. The molecule has 2 aromatic rings. The van der Waals surface area contributed by atoms with E-state index >= 15 is 0 Å². The molecule has 1 N–H and O–H groups in total. The van der Waals surface area contributed by atoms with E-state index in [1.54, 1.807) is 36.0 Å². The maximum absolute atomic E-state index is 12.2. The zero-order valence-electron chi connectivity index (χ0n) is 14.3. The normalized spacial score (nSPS) is 13.0. The van der Waals surface area contributed by atoms with Gasteiger partial charge in [0.15, 0.2) is 0 Å². The second kappa shape index (κ2) is 8.67. The molecule has 1 aliphatic heterocycles. The predicted molar refractivity (Wildman–Crippen MR) is 103 cm³/mol. The van der Waals surface area contributed by atoms with Crippen molar-refractivity contribution >= 4 is 35.2 Å². The van der Waals surface area contributed by atoms with E-state index in [1.165, 1.54) is 4.90 Å². The minimum Gasteiger partial charge on any atom is -0.326 e. The van der Waals surface area contributed by atoms with Gasteiger partial charge in [-0.25, -0.2) is 0 Å². The molecule has 1 aliphatic rings. The van der Waals surface area contributed by atoms with Gasteiger partial charge in [0.2, 0.25) is 5.91 Å². The number of nitrogens with one attached hydrogen (secondary N) is 1. The lowest BCUT2D eigenvalue weighted by Gasteiger charge is -2.13. The molecule has 0 fully saturated rings. The molecule has 5 nitrogen and oxygen atoms in total. The van der Waals surface area contributed by atoms with E-state index in [-0.39, 0.29) is 17.7 Å². The quantitative estimate of drug-likeness (QED) is 0.573. The first-order chi connectivity index (χ1) is 12.7. The molecule has 0 bridgehead atoms. The fourth-order valence-electron chi connectivity index (χ4n) is 2.78. The molecular formula is C20H20N2O3S. The zero-order chi connectivity index (χ0) is 18.4. The summed E-state index contributed by atoms with van der Waals surface area (Å²) in [4.78, 5) is 37.6. The Morgan fingerprint density at radius 1 is 0.885 bits per heavy atom. The summed E-state index contributed by atoms with van der Waals surface area (Å²) in [5.41, 5.74) is 1.78. The van der Waals surface area contributed by atoms with Crippen LogP contribution >= 0.6 is 11.8 Å². The van der Waals surface area contributed by atoms with Crippen LogP contribution in [0.15, 0.2) is 54.6 Å². The van der Waals surface area contributed by atoms with Gasteiger partial charge in [0.25, 0.3) is 11.8 Å². The van der Waals surface area contributed by atoms with Crippen molar-refractivity contribution in [1.82, 2.24) is 4.90 Å². The molecule has 0 aromatic heterocycles. The second-order valence-electron chi connectivity index (χ2n) is 5.94. The summed E-state index contributed by atoms with van der Waals surface area (Å²) in [6.45, 7) is 0.412. The van der Waals surface area contributed by atoms with Gasteiger partial charge < -0.3 is 5.32 Å². The van der Waals surface area contributed by atoms with Crippen molar-refractivity contribution in [3.63, 3.8) is 0 Å². The van der Waals surface area contributed by atoms with E-state index in [1.807, 2.05) is 30.3 Å². The first-order valence-corrected chi connectivity index (χ1v) is 9.70. The van der Waals surface area contributed by atoms with Crippen LogP contribution < -0.4 is 5.32 Å². The summed E-state index contributed by atoms with van der Waals surface area (Å²) in [5, 5.41) is 2.85. The number of hydrogen-bond donors (Lipinski definition) is 1. The van der Waals surface area contributed by atoms with Gasteiger partial charge in [-0.2, -0.15) is 11.8 Å². The Morgan fingerprint density at radius 3 is 2.15 bits per heavy atom. The van der Waals surface area contributed by atoms with Crippen LogP contribution in [0.25, 0.3) is 0 Å². The lowest BCUT2D eigenvalue weighted by atomic mass is 10.1. The van der Waals surface area contributed by atoms with Gasteiger partial charge in [-0.05, 0) is 36.4 Å². The van der Waals surface area contributed by atoms with Crippen LogP contribution in [-0.4, -0.2) is 40.7 Å². The fourth-order valence-corrected chi connectivity index (χ4v) is 3.65. The molecular weight excluding hydrogens is 348 g/mol. The summed E-state index contributed by atoms with van der Waals surface area (Å²) in [6.07, 6.45) is 1.16. The summed E-state index contributed by atoms with van der Waals surface area (Å²) >= 11 is 1.65. The highest BCUT2D eigenvalue weighted by atomic mass is 32.2. The minimum absolute atomic E-state index is 0.0101. The van der Waals surface area contributed by atoms with Crippen molar-refractivity contribution in [3.8, 4) is 0 Å².